The molecule has 0 saturated carbocycles. The number of hydrogen-bond donors (Lipinski definition) is 1. The van der Waals surface area contributed by atoms with Crippen LogP contribution in [0.15, 0.2) is 36.4 Å². The maximum absolute atomic E-state index is 12.0. The molecule has 2 heterocycles. The van der Waals surface area contributed by atoms with Crippen LogP contribution in [0.25, 0.3) is 10.9 Å². The third-order valence-electron chi connectivity index (χ3n) is 4.47. The second-order valence-electron chi connectivity index (χ2n) is 7.77. The summed E-state index contributed by atoms with van der Waals surface area (Å²) in [6.07, 6.45) is 1.44. The van der Waals surface area contributed by atoms with Gasteiger partial charge in [-0.05, 0) is 58.7 Å². The molecule has 1 aliphatic rings. The Morgan fingerprint density at radius 1 is 1.24 bits per heavy atom. The van der Waals surface area contributed by atoms with E-state index < -0.39 is 5.60 Å². The molecule has 25 heavy (non-hydrogen) atoms. The fourth-order valence-electron chi connectivity index (χ4n) is 3.33. The molecule has 2 aromatic rings. The highest BCUT2D eigenvalue weighted by Gasteiger charge is 2.28. The Balaban J connectivity index is 1.64. The fourth-order valence-corrected chi connectivity index (χ4v) is 3.33. The number of ether oxygens (including phenoxy) is 1. The molecule has 1 amide bonds. The molecule has 1 N–H and O–H groups in total. The molecule has 1 saturated heterocycles. The molecule has 134 valence electrons. The van der Waals surface area contributed by atoms with Crippen molar-refractivity contribution in [3.8, 4) is 0 Å². The van der Waals surface area contributed by atoms with Crippen LogP contribution in [0.3, 0.4) is 0 Å². The van der Waals surface area contributed by atoms with Crippen molar-refractivity contribution in [3.05, 3.63) is 36.4 Å². The van der Waals surface area contributed by atoms with Crippen LogP contribution < -0.4 is 10.2 Å². The molecular formula is C20H27N3O2. The van der Waals surface area contributed by atoms with Crippen molar-refractivity contribution in [3.63, 3.8) is 0 Å². The van der Waals surface area contributed by atoms with Gasteiger partial charge in [-0.3, -0.25) is 0 Å². The molecule has 2 atom stereocenters. The number of amides is 1. The number of pyridine rings is 1. The van der Waals surface area contributed by atoms with Crippen molar-refractivity contribution in [1.82, 2.24) is 10.3 Å². The summed E-state index contributed by atoms with van der Waals surface area (Å²) in [5.74, 6) is 1.00. The van der Waals surface area contributed by atoms with Crippen molar-refractivity contribution < 1.29 is 9.53 Å². The summed E-state index contributed by atoms with van der Waals surface area (Å²) in [7, 11) is 0. The van der Waals surface area contributed by atoms with Gasteiger partial charge < -0.3 is 15.0 Å². The first-order valence-electron chi connectivity index (χ1n) is 8.94. The first-order chi connectivity index (χ1) is 11.8. The first-order valence-corrected chi connectivity index (χ1v) is 8.94. The molecule has 1 fully saturated rings. The minimum absolute atomic E-state index is 0.140. The van der Waals surface area contributed by atoms with Gasteiger partial charge in [0, 0.05) is 24.0 Å². The van der Waals surface area contributed by atoms with E-state index in [0.29, 0.717) is 6.04 Å². The van der Waals surface area contributed by atoms with Gasteiger partial charge in [-0.2, -0.15) is 0 Å². The predicted molar refractivity (Wildman–Crippen MR) is 101 cm³/mol. The Bertz CT molecular complexity index is 754. The zero-order chi connectivity index (χ0) is 18.0. The van der Waals surface area contributed by atoms with E-state index >= 15 is 0 Å². The number of piperidine rings is 1. The number of nitrogens with one attached hydrogen (secondary N) is 1. The van der Waals surface area contributed by atoms with E-state index in [0.717, 1.165) is 36.1 Å². The number of alkyl carbamates (subject to hydrolysis) is 1. The number of hydrogen-bond acceptors (Lipinski definition) is 4. The minimum Gasteiger partial charge on any atom is -0.444 e. The molecule has 3 rings (SSSR count). The third-order valence-corrected chi connectivity index (χ3v) is 4.47. The molecule has 0 radical (unpaired) electrons. The van der Waals surface area contributed by atoms with E-state index in [1.54, 1.807) is 0 Å². The number of nitrogens with zero attached hydrogens (tertiary/aromatic N) is 2. The predicted octanol–water partition coefficient (Wildman–Crippen LogP) is 4.12. The lowest BCUT2D eigenvalue weighted by Gasteiger charge is -2.39. The second kappa shape index (κ2) is 6.90. The minimum atomic E-state index is -0.467. The van der Waals surface area contributed by atoms with Crippen LogP contribution in [-0.4, -0.2) is 35.3 Å². The number of benzene rings is 1. The van der Waals surface area contributed by atoms with E-state index in [9.17, 15) is 4.79 Å². The summed E-state index contributed by atoms with van der Waals surface area (Å²) in [6.45, 7) is 8.68. The normalized spacial score (nSPS) is 21.2. The molecule has 0 bridgehead atoms. The quantitative estimate of drug-likeness (QED) is 0.893. The van der Waals surface area contributed by atoms with Gasteiger partial charge in [0.2, 0.25) is 0 Å². The third kappa shape index (κ3) is 4.41. The number of rotatable bonds is 2. The highest BCUT2D eigenvalue weighted by atomic mass is 16.6. The average molecular weight is 341 g/mol. The van der Waals surface area contributed by atoms with Gasteiger partial charge in [-0.25, -0.2) is 9.78 Å². The average Bonchev–Trinajstić information content (AvgIpc) is 2.52. The highest BCUT2D eigenvalue weighted by molar-refractivity contribution is 5.80. The van der Waals surface area contributed by atoms with E-state index in [1.807, 2.05) is 39.0 Å². The highest BCUT2D eigenvalue weighted by Crippen LogP contribution is 2.25. The SMILES string of the molecule is CC1CC(NC(=O)OC(C)(C)C)CCN1c1ccc2ccccc2n1. The number of aromatic nitrogens is 1. The van der Waals surface area contributed by atoms with Crippen molar-refractivity contribution in [2.75, 3.05) is 11.4 Å². The Labute approximate surface area is 149 Å². The van der Waals surface area contributed by atoms with Crippen LogP contribution in [0.5, 0.6) is 0 Å². The van der Waals surface area contributed by atoms with Gasteiger partial charge >= 0.3 is 6.09 Å². The summed E-state index contributed by atoms with van der Waals surface area (Å²) >= 11 is 0. The number of carbonyl (C=O) groups excluding carboxylic acids is 1. The van der Waals surface area contributed by atoms with Gasteiger partial charge in [-0.1, -0.05) is 18.2 Å². The smallest absolute Gasteiger partial charge is 0.407 e. The Morgan fingerprint density at radius 2 is 2.00 bits per heavy atom. The largest absolute Gasteiger partial charge is 0.444 e. The summed E-state index contributed by atoms with van der Waals surface area (Å²) in [5, 5.41) is 4.15. The maximum atomic E-state index is 12.0. The van der Waals surface area contributed by atoms with Crippen LogP contribution >= 0.6 is 0 Å². The fraction of sp³-hybridized carbons (Fsp3) is 0.500. The molecule has 0 aliphatic carbocycles. The summed E-state index contributed by atoms with van der Waals surface area (Å²) in [4.78, 5) is 19.1. The molecule has 1 aliphatic heterocycles. The number of anilines is 1. The number of para-hydroxylation sites is 1. The lowest BCUT2D eigenvalue weighted by Crippen LogP contribution is -2.50. The van der Waals surface area contributed by atoms with E-state index in [2.05, 4.69) is 35.3 Å². The van der Waals surface area contributed by atoms with Crippen molar-refractivity contribution in [1.29, 1.82) is 0 Å². The molecule has 0 spiro atoms. The van der Waals surface area contributed by atoms with Crippen LogP contribution in [-0.2, 0) is 4.74 Å². The molecule has 2 unspecified atom stereocenters. The maximum Gasteiger partial charge on any atom is 0.407 e. The van der Waals surface area contributed by atoms with Crippen LogP contribution in [0.1, 0.15) is 40.5 Å². The monoisotopic (exact) mass is 341 g/mol. The topological polar surface area (TPSA) is 54.5 Å². The first kappa shape index (κ1) is 17.5. The zero-order valence-corrected chi connectivity index (χ0v) is 15.5. The summed E-state index contributed by atoms with van der Waals surface area (Å²) < 4.78 is 5.36. The van der Waals surface area contributed by atoms with E-state index in [1.165, 1.54) is 0 Å². The Morgan fingerprint density at radius 3 is 2.72 bits per heavy atom. The van der Waals surface area contributed by atoms with Gasteiger partial charge in [0.1, 0.15) is 11.4 Å². The molecular weight excluding hydrogens is 314 g/mol. The number of carbonyl (C=O) groups is 1. The number of fused-ring (bicyclic) bond motifs is 1. The van der Waals surface area contributed by atoms with E-state index in [-0.39, 0.29) is 12.1 Å². The van der Waals surface area contributed by atoms with Crippen molar-refractivity contribution in [2.45, 2.75) is 58.2 Å². The standard InChI is InChI=1S/C20H27N3O2/c1-14-13-16(21-19(24)25-20(2,3)4)11-12-23(14)18-10-9-15-7-5-6-8-17(15)22-18/h5-10,14,16H,11-13H2,1-4H3,(H,21,24). The van der Waals surface area contributed by atoms with Gasteiger partial charge in [0.15, 0.2) is 0 Å². The Kier molecular flexibility index (Phi) is 4.84. The van der Waals surface area contributed by atoms with Crippen molar-refractivity contribution in [2.24, 2.45) is 0 Å². The lowest BCUT2D eigenvalue weighted by atomic mass is 9.98. The van der Waals surface area contributed by atoms with Gasteiger partial charge in [0.05, 0.1) is 5.52 Å². The van der Waals surface area contributed by atoms with Crippen LogP contribution in [0.2, 0.25) is 0 Å². The molecule has 5 heteroatoms. The zero-order valence-electron chi connectivity index (χ0n) is 15.5. The Hall–Kier alpha value is -2.30. The van der Waals surface area contributed by atoms with Gasteiger partial charge in [0.25, 0.3) is 0 Å². The molecule has 5 nitrogen and oxygen atoms in total. The van der Waals surface area contributed by atoms with Crippen LogP contribution in [0, 0.1) is 0 Å². The summed E-state index contributed by atoms with van der Waals surface area (Å²) in [6, 6.07) is 12.8. The molecule has 1 aromatic heterocycles. The van der Waals surface area contributed by atoms with E-state index in [4.69, 9.17) is 9.72 Å². The summed E-state index contributed by atoms with van der Waals surface area (Å²) in [5.41, 5.74) is 0.548. The van der Waals surface area contributed by atoms with Gasteiger partial charge in [-0.15, -0.1) is 0 Å². The lowest BCUT2D eigenvalue weighted by molar-refractivity contribution is 0.0494. The molecule has 1 aromatic carbocycles. The van der Waals surface area contributed by atoms with Crippen LogP contribution in [0.4, 0.5) is 10.6 Å². The van der Waals surface area contributed by atoms with Crippen molar-refractivity contribution >= 4 is 22.8 Å². The second-order valence-corrected chi connectivity index (χ2v) is 7.77.